The van der Waals surface area contributed by atoms with E-state index in [4.69, 9.17) is 0 Å². The number of carbonyl (C=O) groups excluding carboxylic acids is 2. The topological polar surface area (TPSA) is 52.7 Å². The number of para-hydroxylation sites is 1. The van der Waals surface area contributed by atoms with E-state index in [1.807, 2.05) is 29.2 Å². The molecule has 1 aromatic carbocycles. The Labute approximate surface area is 140 Å². The molecule has 1 aromatic rings. The van der Waals surface area contributed by atoms with E-state index in [0.29, 0.717) is 0 Å². The molecular weight excluding hydrogens is 310 g/mol. The smallest absolute Gasteiger partial charge is 0.238 e. The quantitative estimate of drug-likeness (QED) is 0.918. The lowest BCUT2D eigenvalue weighted by molar-refractivity contribution is -0.134. The SMILES string of the molecule is O=C1Nc2ccccc2S[C@H]1CC(=O)N1CCN(C2CC2)CC1. The minimum Gasteiger partial charge on any atom is -0.340 e. The highest BCUT2D eigenvalue weighted by atomic mass is 32.2. The van der Waals surface area contributed by atoms with Gasteiger partial charge < -0.3 is 10.2 Å². The maximum Gasteiger partial charge on any atom is 0.238 e. The van der Waals surface area contributed by atoms with Crippen molar-refractivity contribution in [1.82, 2.24) is 9.80 Å². The summed E-state index contributed by atoms with van der Waals surface area (Å²) in [6.45, 7) is 3.54. The summed E-state index contributed by atoms with van der Waals surface area (Å²) in [6.07, 6.45) is 2.91. The molecule has 0 aromatic heterocycles. The van der Waals surface area contributed by atoms with Crippen molar-refractivity contribution in [2.75, 3.05) is 31.5 Å². The summed E-state index contributed by atoms with van der Waals surface area (Å²) in [5.74, 6) is 0.0474. The van der Waals surface area contributed by atoms with Crippen LogP contribution in [0.25, 0.3) is 0 Å². The van der Waals surface area contributed by atoms with Gasteiger partial charge in [-0.25, -0.2) is 0 Å². The highest BCUT2D eigenvalue weighted by Gasteiger charge is 2.34. The molecule has 6 heteroatoms. The van der Waals surface area contributed by atoms with Crippen LogP contribution in [-0.2, 0) is 9.59 Å². The van der Waals surface area contributed by atoms with Gasteiger partial charge >= 0.3 is 0 Å². The summed E-state index contributed by atoms with van der Waals surface area (Å²) >= 11 is 1.50. The fourth-order valence-corrected chi connectivity index (χ4v) is 4.39. The lowest BCUT2D eigenvalue weighted by Crippen LogP contribution is -2.50. The summed E-state index contributed by atoms with van der Waals surface area (Å²) < 4.78 is 0. The minimum absolute atomic E-state index is 0.0568. The second-order valence-corrected chi connectivity index (χ2v) is 7.69. The van der Waals surface area contributed by atoms with E-state index in [1.54, 1.807) is 0 Å². The molecule has 0 radical (unpaired) electrons. The lowest BCUT2D eigenvalue weighted by Gasteiger charge is -2.35. The average molecular weight is 331 g/mol. The Balaban J connectivity index is 1.34. The summed E-state index contributed by atoms with van der Waals surface area (Å²) in [6, 6.07) is 8.52. The van der Waals surface area contributed by atoms with E-state index in [0.717, 1.165) is 42.8 Å². The second-order valence-electron chi connectivity index (χ2n) is 6.44. The zero-order chi connectivity index (χ0) is 15.8. The van der Waals surface area contributed by atoms with E-state index in [2.05, 4.69) is 10.2 Å². The van der Waals surface area contributed by atoms with Gasteiger partial charge in [-0.15, -0.1) is 11.8 Å². The number of carbonyl (C=O) groups is 2. The van der Waals surface area contributed by atoms with Gasteiger partial charge in [0.2, 0.25) is 11.8 Å². The van der Waals surface area contributed by atoms with Gasteiger partial charge in [-0.3, -0.25) is 14.5 Å². The van der Waals surface area contributed by atoms with Crippen molar-refractivity contribution in [3.8, 4) is 0 Å². The number of nitrogens with zero attached hydrogens (tertiary/aromatic N) is 2. The van der Waals surface area contributed by atoms with Crippen LogP contribution < -0.4 is 5.32 Å². The summed E-state index contributed by atoms with van der Waals surface area (Å²) in [7, 11) is 0. The van der Waals surface area contributed by atoms with Crippen molar-refractivity contribution in [1.29, 1.82) is 0 Å². The fourth-order valence-electron chi connectivity index (χ4n) is 3.29. The number of rotatable bonds is 3. The van der Waals surface area contributed by atoms with Gasteiger partial charge in [0.25, 0.3) is 0 Å². The largest absolute Gasteiger partial charge is 0.340 e. The van der Waals surface area contributed by atoms with Gasteiger partial charge in [0.1, 0.15) is 0 Å². The predicted molar refractivity (Wildman–Crippen MR) is 90.5 cm³/mol. The standard InChI is InChI=1S/C17H21N3O2S/c21-16(20-9-7-19(8-10-20)12-5-6-12)11-15-17(22)18-13-3-1-2-4-14(13)23-15/h1-4,12,15H,5-11H2,(H,18,22)/t15-/m0/s1. The van der Waals surface area contributed by atoms with Gasteiger partial charge in [0.15, 0.2) is 0 Å². The number of fused-ring (bicyclic) bond motifs is 1. The molecule has 5 nitrogen and oxygen atoms in total. The number of hydrogen-bond donors (Lipinski definition) is 1. The van der Waals surface area contributed by atoms with Crippen LogP contribution in [0.3, 0.4) is 0 Å². The molecule has 1 N–H and O–H groups in total. The molecule has 122 valence electrons. The first kappa shape index (κ1) is 15.0. The Morgan fingerprint density at radius 3 is 2.65 bits per heavy atom. The Hall–Kier alpha value is -1.53. The molecule has 0 bridgehead atoms. The molecule has 3 aliphatic rings. The summed E-state index contributed by atoms with van der Waals surface area (Å²) in [4.78, 5) is 30.2. The molecule has 1 aliphatic carbocycles. The molecule has 2 fully saturated rings. The van der Waals surface area contributed by atoms with E-state index >= 15 is 0 Å². The number of thioether (sulfide) groups is 1. The van der Waals surface area contributed by atoms with Gasteiger partial charge in [-0.05, 0) is 25.0 Å². The van der Waals surface area contributed by atoms with Crippen LogP contribution in [0.4, 0.5) is 5.69 Å². The van der Waals surface area contributed by atoms with Gasteiger partial charge in [0.05, 0.1) is 10.9 Å². The van der Waals surface area contributed by atoms with Crippen molar-refractivity contribution in [3.05, 3.63) is 24.3 Å². The molecule has 0 spiro atoms. The zero-order valence-electron chi connectivity index (χ0n) is 13.0. The van der Waals surface area contributed by atoms with Crippen LogP contribution in [0, 0.1) is 0 Å². The second kappa shape index (κ2) is 6.17. The third-order valence-corrected chi connectivity index (χ3v) is 6.07. The number of hydrogen-bond acceptors (Lipinski definition) is 4. The van der Waals surface area contributed by atoms with Crippen LogP contribution in [0.2, 0.25) is 0 Å². The maximum absolute atomic E-state index is 12.5. The Kier molecular flexibility index (Phi) is 4.03. The Bertz CT molecular complexity index is 624. The normalized spacial score (nSPS) is 25.0. The van der Waals surface area contributed by atoms with Crippen LogP contribution in [0.1, 0.15) is 19.3 Å². The monoisotopic (exact) mass is 331 g/mol. The van der Waals surface area contributed by atoms with E-state index < -0.39 is 0 Å². The van der Waals surface area contributed by atoms with Crippen molar-refractivity contribution < 1.29 is 9.59 Å². The van der Waals surface area contributed by atoms with Crippen LogP contribution in [0.5, 0.6) is 0 Å². The molecule has 0 unspecified atom stereocenters. The van der Waals surface area contributed by atoms with E-state index in [-0.39, 0.29) is 23.5 Å². The number of amides is 2. The van der Waals surface area contributed by atoms with Gasteiger partial charge in [-0.2, -0.15) is 0 Å². The molecule has 2 amide bonds. The zero-order valence-corrected chi connectivity index (χ0v) is 13.8. The number of anilines is 1. The van der Waals surface area contributed by atoms with E-state index in [9.17, 15) is 9.59 Å². The van der Waals surface area contributed by atoms with Crippen molar-refractivity contribution >= 4 is 29.3 Å². The molecule has 1 atom stereocenters. The Morgan fingerprint density at radius 2 is 1.91 bits per heavy atom. The lowest BCUT2D eigenvalue weighted by atomic mass is 10.2. The van der Waals surface area contributed by atoms with Crippen LogP contribution >= 0.6 is 11.8 Å². The molecule has 23 heavy (non-hydrogen) atoms. The van der Waals surface area contributed by atoms with Crippen molar-refractivity contribution in [3.63, 3.8) is 0 Å². The maximum atomic E-state index is 12.5. The third kappa shape index (κ3) is 3.23. The number of benzene rings is 1. The third-order valence-electron chi connectivity index (χ3n) is 4.80. The van der Waals surface area contributed by atoms with E-state index in [1.165, 1.54) is 24.6 Å². The molecular formula is C17H21N3O2S. The average Bonchev–Trinajstić information content (AvgIpc) is 3.40. The minimum atomic E-state index is -0.320. The van der Waals surface area contributed by atoms with Gasteiger partial charge in [0, 0.05) is 43.5 Å². The first-order chi connectivity index (χ1) is 11.2. The molecule has 4 rings (SSSR count). The fraction of sp³-hybridized carbons (Fsp3) is 0.529. The summed E-state index contributed by atoms with van der Waals surface area (Å²) in [5.41, 5.74) is 0.851. The highest BCUT2D eigenvalue weighted by molar-refractivity contribution is 8.01. The van der Waals surface area contributed by atoms with Crippen molar-refractivity contribution in [2.24, 2.45) is 0 Å². The molecule has 1 saturated heterocycles. The first-order valence-corrected chi connectivity index (χ1v) is 9.17. The van der Waals surface area contributed by atoms with Crippen molar-refractivity contribution in [2.45, 2.75) is 35.4 Å². The predicted octanol–water partition coefficient (Wildman–Crippen LogP) is 1.80. The number of piperazine rings is 1. The molecule has 1 saturated carbocycles. The van der Waals surface area contributed by atoms with Crippen LogP contribution in [0.15, 0.2) is 29.2 Å². The van der Waals surface area contributed by atoms with Crippen LogP contribution in [-0.4, -0.2) is 59.1 Å². The summed E-state index contributed by atoms with van der Waals surface area (Å²) in [5, 5.41) is 2.59. The number of nitrogens with one attached hydrogen (secondary N) is 1. The first-order valence-electron chi connectivity index (χ1n) is 8.29. The highest BCUT2D eigenvalue weighted by Crippen LogP contribution is 2.37. The van der Waals surface area contributed by atoms with Gasteiger partial charge in [-0.1, -0.05) is 12.1 Å². The Morgan fingerprint density at radius 1 is 1.17 bits per heavy atom. The molecule has 2 aliphatic heterocycles. The molecule has 2 heterocycles.